The topological polar surface area (TPSA) is 57.1 Å². The second-order valence-corrected chi connectivity index (χ2v) is 6.71. The van der Waals surface area contributed by atoms with Crippen LogP contribution in [0.3, 0.4) is 0 Å². The second kappa shape index (κ2) is 6.96. The Kier molecular flexibility index (Phi) is 4.77. The van der Waals surface area contributed by atoms with Crippen LogP contribution in [0.1, 0.15) is 25.3 Å². The molecule has 2 aliphatic rings. The molecule has 2 heterocycles. The molecule has 22 heavy (non-hydrogen) atoms. The van der Waals surface area contributed by atoms with Gasteiger partial charge < -0.3 is 10.2 Å². The summed E-state index contributed by atoms with van der Waals surface area (Å²) in [7, 11) is 0. The van der Waals surface area contributed by atoms with Crippen LogP contribution >= 0.6 is 11.8 Å². The highest BCUT2D eigenvalue weighted by atomic mass is 32.2. The Morgan fingerprint density at radius 3 is 2.64 bits per heavy atom. The summed E-state index contributed by atoms with van der Waals surface area (Å²) in [5, 5.41) is 11.2. The Hall–Kier alpha value is -1.82. The lowest BCUT2D eigenvalue weighted by Gasteiger charge is -2.32. The van der Waals surface area contributed by atoms with E-state index in [1.54, 1.807) is 6.21 Å². The minimum Gasteiger partial charge on any atom is -0.372 e. The Labute approximate surface area is 134 Å². The van der Waals surface area contributed by atoms with Crippen molar-refractivity contribution in [2.45, 2.75) is 19.8 Å². The molecule has 1 amide bonds. The molecule has 0 radical (unpaired) electrons. The molecule has 2 aliphatic heterocycles. The standard InChI is InChI=1S/C16H20N4OS/c1-12-6-8-20(9-7-12)14-4-2-13(3-5-14)10-17-19-16-18-15(21)11-22-16/h2-5,10,12H,6-9,11H2,1H3,(H,18,19,21). The maximum absolute atomic E-state index is 11.0. The van der Waals surface area contributed by atoms with E-state index in [-0.39, 0.29) is 5.91 Å². The molecule has 3 rings (SSSR count). The molecule has 5 nitrogen and oxygen atoms in total. The smallest absolute Gasteiger partial charge is 0.236 e. The molecule has 2 fully saturated rings. The minimum absolute atomic E-state index is 0.0147. The summed E-state index contributed by atoms with van der Waals surface area (Å²) in [6.45, 7) is 4.60. The average Bonchev–Trinajstić information content (AvgIpc) is 2.94. The molecule has 0 unspecified atom stereocenters. The number of carbonyl (C=O) groups is 1. The van der Waals surface area contributed by atoms with Crippen molar-refractivity contribution in [2.24, 2.45) is 16.1 Å². The predicted molar refractivity (Wildman–Crippen MR) is 92.7 cm³/mol. The van der Waals surface area contributed by atoms with Crippen molar-refractivity contribution >= 4 is 34.7 Å². The summed E-state index contributed by atoms with van der Waals surface area (Å²) in [6.07, 6.45) is 4.24. The molecule has 0 atom stereocenters. The molecule has 0 aromatic heterocycles. The molecule has 1 N–H and O–H groups in total. The number of rotatable bonds is 3. The first-order valence-corrected chi connectivity index (χ1v) is 8.58. The van der Waals surface area contributed by atoms with E-state index < -0.39 is 0 Å². The van der Waals surface area contributed by atoms with E-state index in [1.807, 2.05) is 0 Å². The number of amides is 1. The van der Waals surface area contributed by atoms with Crippen molar-refractivity contribution in [1.29, 1.82) is 0 Å². The van der Waals surface area contributed by atoms with Gasteiger partial charge in [-0.15, -0.1) is 5.10 Å². The van der Waals surface area contributed by atoms with Crippen molar-refractivity contribution in [3.8, 4) is 0 Å². The van der Waals surface area contributed by atoms with Gasteiger partial charge in [0.15, 0.2) is 5.17 Å². The SMILES string of the molecule is CC1CCN(c2ccc(C=NN=C3NC(=O)CS3)cc2)CC1. The number of hydrogen-bond acceptors (Lipinski definition) is 5. The number of anilines is 1. The van der Waals surface area contributed by atoms with Crippen LogP contribution in [0, 0.1) is 5.92 Å². The summed E-state index contributed by atoms with van der Waals surface area (Å²) in [4.78, 5) is 13.5. The molecule has 0 aliphatic carbocycles. The fourth-order valence-electron chi connectivity index (χ4n) is 2.57. The minimum atomic E-state index is -0.0147. The van der Waals surface area contributed by atoms with Gasteiger partial charge in [-0.2, -0.15) is 5.10 Å². The number of amidine groups is 1. The van der Waals surface area contributed by atoms with Gasteiger partial charge in [0.2, 0.25) is 5.91 Å². The lowest BCUT2D eigenvalue weighted by atomic mass is 9.99. The van der Waals surface area contributed by atoms with Crippen molar-refractivity contribution in [3.63, 3.8) is 0 Å². The Balaban J connectivity index is 1.58. The lowest BCUT2D eigenvalue weighted by molar-refractivity contribution is -0.116. The van der Waals surface area contributed by atoms with Crippen LogP contribution in [0.4, 0.5) is 5.69 Å². The van der Waals surface area contributed by atoms with E-state index in [1.165, 1.54) is 30.3 Å². The first-order chi connectivity index (χ1) is 10.7. The van der Waals surface area contributed by atoms with E-state index in [0.717, 1.165) is 24.6 Å². The van der Waals surface area contributed by atoms with Gasteiger partial charge >= 0.3 is 0 Å². The predicted octanol–water partition coefficient (Wildman–Crippen LogP) is 2.48. The molecule has 116 valence electrons. The fraction of sp³-hybridized carbons (Fsp3) is 0.438. The van der Waals surface area contributed by atoms with Gasteiger partial charge in [-0.25, -0.2) is 0 Å². The highest BCUT2D eigenvalue weighted by Gasteiger charge is 2.16. The van der Waals surface area contributed by atoms with Gasteiger partial charge in [0.25, 0.3) is 0 Å². The van der Waals surface area contributed by atoms with Crippen LogP contribution < -0.4 is 10.2 Å². The third-order valence-electron chi connectivity index (χ3n) is 3.98. The van der Waals surface area contributed by atoms with Crippen molar-refractivity contribution in [3.05, 3.63) is 29.8 Å². The number of benzene rings is 1. The first-order valence-electron chi connectivity index (χ1n) is 7.59. The number of carbonyl (C=O) groups excluding carboxylic acids is 1. The molecule has 0 bridgehead atoms. The number of nitrogens with zero attached hydrogens (tertiary/aromatic N) is 3. The zero-order valence-electron chi connectivity index (χ0n) is 12.7. The Morgan fingerprint density at radius 2 is 2.00 bits per heavy atom. The van der Waals surface area contributed by atoms with Gasteiger partial charge in [0, 0.05) is 18.8 Å². The van der Waals surface area contributed by atoms with E-state index in [0.29, 0.717) is 10.9 Å². The van der Waals surface area contributed by atoms with Gasteiger partial charge in [-0.1, -0.05) is 30.8 Å². The van der Waals surface area contributed by atoms with E-state index >= 15 is 0 Å². The highest BCUT2D eigenvalue weighted by molar-refractivity contribution is 8.15. The van der Waals surface area contributed by atoms with Crippen LogP contribution in [0.5, 0.6) is 0 Å². The maximum atomic E-state index is 11.0. The van der Waals surface area contributed by atoms with Crippen LogP contribution in [0.2, 0.25) is 0 Å². The number of piperidine rings is 1. The van der Waals surface area contributed by atoms with E-state index in [2.05, 4.69) is 51.6 Å². The van der Waals surface area contributed by atoms with Crippen LogP contribution in [-0.2, 0) is 4.79 Å². The quantitative estimate of drug-likeness (QED) is 0.688. The van der Waals surface area contributed by atoms with Crippen molar-refractivity contribution in [2.75, 3.05) is 23.7 Å². The van der Waals surface area contributed by atoms with Gasteiger partial charge in [0.1, 0.15) is 0 Å². The molecule has 0 saturated carbocycles. The maximum Gasteiger partial charge on any atom is 0.236 e. The second-order valence-electron chi connectivity index (χ2n) is 5.75. The third-order valence-corrected chi connectivity index (χ3v) is 4.85. The van der Waals surface area contributed by atoms with E-state index in [4.69, 9.17) is 0 Å². The normalized spacial score (nSPS) is 21.8. The summed E-state index contributed by atoms with van der Waals surface area (Å²) in [5.74, 6) is 1.26. The summed E-state index contributed by atoms with van der Waals surface area (Å²) in [6, 6.07) is 8.38. The zero-order chi connectivity index (χ0) is 15.4. The van der Waals surface area contributed by atoms with Gasteiger partial charge in [-0.3, -0.25) is 4.79 Å². The Morgan fingerprint density at radius 1 is 1.27 bits per heavy atom. The lowest BCUT2D eigenvalue weighted by Crippen LogP contribution is -2.32. The molecule has 2 saturated heterocycles. The molecule has 1 aromatic rings. The summed E-state index contributed by atoms with van der Waals surface area (Å²) in [5.41, 5.74) is 2.28. The van der Waals surface area contributed by atoms with Gasteiger partial charge in [-0.05, 0) is 36.5 Å². The zero-order valence-corrected chi connectivity index (χ0v) is 13.5. The summed E-state index contributed by atoms with van der Waals surface area (Å²) >= 11 is 1.38. The number of hydrogen-bond donors (Lipinski definition) is 1. The van der Waals surface area contributed by atoms with Crippen molar-refractivity contribution in [1.82, 2.24) is 5.32 Å². The molecule has 0 spiro atoms. The molecule has 6 heteroatoms. The molecular formula is C16H20N4OS. The fourth-order valence-corrected chi connectivity index (χ4v) is 3.20. The summed E-state index contributed by atoms with van der Waals surface area (Å²) < 4.78 is 0. The van der Waals surface area contributed by atoms with Crippen molar-refractivity contribution < 1.29 is 4.79 Å². The van der Waals surface area contributed by atoms with Crippen LogP contribution in [-0.4, -0.2) is 36.1 Å². The number of thioether (sulfide) groups is 1. The molecule has 1 aromatic carbocycles. The largest absolute Gasteiger partial charge is 0.372 e. The number of nitrogens with one attached hydrogen (secondary N) is 1. The van der Waals surface area contributed by atoms with E-state index in [9.17, 15) is 4.79 Å². The molecular weight excluding hydrogens is 296 g/mol. The Bertz CT molecular complexity index is 589. The first kappa shape index (κ1) is 15.1. The average molecular weight is 316 g/mol. The third kappa shape index (κ3) is 3.88. The van der Waals surface area contributed by atoms with Gasteiger partial charge in [0.05, 0.1) is 12.0 Å². The highest BCUT2D eigenvalue weighted by Crippen LogP contribution is 2.22. The van der Waals surface area contributed by atoms with Crippen LogP contribution in [0.15, 0.2) is 34.5 Å². The monoisotopic (exact) mass is 316 g/mol. The van der Waals surface area contributed by atoms with Crippen LogP contribution in [0.25, 0.3) is 0 Å².